The molecule has 0 aliphatic carbocycles. The summed E-state index contributed by atoms with van der Waals surface area (Å²) in [6.45, 7) is 7.43. The van der Waals surface area contributed by atoms with Crippen LogP contribution in [0.15, 0.2) is 30.3 Å². The van der Waals surface area contributed by atoms with Crippen LogP contribution < -0.4 is 0 Å². The summed E-state index contributed by atoms with van der Waals surface area (Å²) in [5, 5.41) is 0. The van der Waals surface area contributed by atoms with E-state index in [1.807, 2.05) is 44.2 Å². The Labute approximate surface area is 122 Å². The summed E-state index contributed by atoms with van der Waals surface area (Å²) in [6, 6.07) is 9.62. The van der Waals surface area contributed by atoms with Gasteiger partial charge >= 0.3 is 5.97 Å². The van der Waals surface area contributed by atoms with E-state index >= 15 is 0 Å². The third-order valence-electron chi connectivity index (χ3n) is 3.07. The molecular formula is C17H26O3. The molecule has 0 N–H and O–H groups in total. The predicted octanol–water partition coefficient (Wildman–Crippen LogP) is 3.90. The zero-order valence-electron chi connectivity index (χ0n) is 13.2. The van der Waals surface area contributed by atoms with Crippen molar-refractivity contribution in [3.8, 4) is 0 Å². The van der Waals surface area contributed by atoms with Gasteiger partial charge in [-0.3, -0.25) is 4.79 Å². The quantitative estimate of drug-likeness (QED) is 0.767. The topological polar surface area (TPSA) is 43.4 Å². The first-order chi connectivity index (χ1) is 9.36. The molecule has 0 radical (unpaired) electrons. The number of carbonyl (C=O) groups excluding carboxylic acids is 2. The zero-order valence-corrected chi connectivity index (χ0v) is 13.2. The number of Topliss-reactive ketones (excluding diaryl/α,β-unsaturated/α-hetero) is 1. The number of carbonyl (C=O) groups is 2. The first-order valence-corrected chi connectivity index (χ1v) is 6.99. The molecule has 3 heteroatoms. The van der Waals surface area contributed by atoms with Crippen LogP contribution in [0.2, 0.25) is 0 Å². The lowest BCUT2D eigenvalue weighted by Crippen LogP contribution is -2.29. The number of hydrogen-bond donors (Lipinski definition) is 0. The number of ketones is 1. The SMILES string of the molecule is CCCCC(C)=O.COC(=O)C(C)(C)c1ccccc1. The molecule has 0 atom stereocenters. The Kier molecular flexibility index (Phi) is 8.53. The van der Waals surface area contributed by atoms with Gasteiger partial charge in [0.15, 0.2) is 0 Å². The fourth-order valence-corrected chi connectivity index (χ4v) is 1.65. The molecule has 0 fully saturated rings. The van der Waals surface area contributed by atoms with E-state index in [4.69, 9.17) is 4.74 Å². The summed E-state index contributed by atoms with van der Waals surface area (Å²) in [5.74, 6) is 0.0977. The lowest BCUT2D eigenvalue weighted by atomic mass is 9.85. The van der Waals surface area contributed by atoms with Crippen molar-refractivity contribution >= 4 is 11.8 Å². The number of benzene rings is 1. The maximum Gasteiger partial charge on any atom is 0.315 e. The Balaban J connectivity index is 0.000000441. The molecule has 112 valence electrons. The number of methoxy groups -OCH3 is 1. The molecule has 0 aliphatic heterocycles. The molecule has 0 saturated carbocycles. The number of hydrogen-bond acceptors (Lipinski definition) is 3. The second kappa shape index (κ2) is 9.29. The molecule has 0 amide bonds. The smallest absolute Gasteiger partial charge is 0.315 e. The standard InChI is InChI=1S/C11H14O2.C6H12O/c1-11(2,10(12)13-3)9-7-5-4-6-8-9;1-3-4-5-6(2)7/h4-8H,1-3H3;3-5H2,1-2H3. The Morgan fingerprint density at radius 1 is 1.15 bits per heavy atom. The van der Waals surface area contributed by atoms with Gasteiger partial charge in [0, 0.05) is 6.42 Å². The van der Waals surface area contributed by atoms with Crippen LogP contribution in [0.5, 0.6) is 0 Å². The van der Waals surface area contributed by atoms with Gasteiger partial charge in [-0.15, -0.1) is 0 Å². The molecule has 0 aromatic heterocycles. The van der Waals surface area contributed by atoms with Crippen LogP contribution in [-0.4, -0.2) is 18.9 Å². The van der Waals surface area contributed by atoms with Gasteiger partial charge in [0.1, 0.15) is 5.78 Å². The molecule has 0 heterocycles. The van der Waals surface area contributed by atoms with Gasteiger partial charge < -0.3 is 9.53 Å². The molecule has 1 aromatic carbocycles. The van der Waals surface area contributed by atoms with Gasteiger partial charge in [0.2, 0.25) is 0 Å². The predicted molar refractivity (Wildman–Crippen MR) is 81.7 cm³/mol. The number of ether oxygens (including phenoxy) is 1. The van der Waals surface area contributed by atoms with E-state index in [0.717, 1.165) is 24.8 Å². The minimum absolute atomic E-state index is 0.210. The summed E-state index contributed by atoms with van der Waals surface area (Å²) in [7, 11) is 1.41. The first-order valence-electron chi connectivity index (χ1n) is 6.99. The van der Waals surface area contributed by atoms with Gasteiger partial charge in [-0.2, -0.15) is 0 Å². The van der Waals surface area contributed by atoms with Gasteiger partial charge in [-0.25, -0.2) is 0 Å². The van der Waals surface area contributed by atoms with E-state index in [0.29, 0.717) is 5.78 Å². The molecular weight excluding hydrogens is 252 g/mol. The highest BCUT2D eigenvalue weighted by Gasteiger charge is 2.30. The van der Waals surface area contributed by atoms with Crippen LogP contribution in [-0.2, 0) is 19.7 Å². The number of esters is 1. The third kappa shape index (κ3) is 6.50. The van der Waals surface area contributed by atoms with E-state index in [1.165, 1.54) is 7.11 Å². The van der Waals surface area contributed by atoms with Crippen LogP contribution in [0.3, 0.4) is 0 Å². The number of rotatable bonds is 5. The van der Waals surface area contributed by atoms with Crippen molar-refractivity contribution in [2.24, 2.45) is 0 Å². The molecule has 20 heavy (non-hydrogen) atoms. The average molecular weight is 278 g/mol. The van der Waals surface area contributed by atoms with E-state index < -0.39 is 5.41 Å². The van der Waals surface area contributed by atoms with Crippen molar-refractivity contribution in [3.63, 3.8) is 0 Å². The van der Waals surface area contributed by atoms with Crippen molar-refractivity contribution in [2.75, 3.05) is 7.11 Å². The minimum atomic E-state index is -0.560. The Hall–Kier alpha value is -1.64. The Morgan fingerprint density at radius 2 is 1.70 bits per heavy atom. The number of unbranched alkanes of at least 4 members (excludes halogenated alkanes) is 1. The van der Waals surface area contributed by atoms with Crippen molar-refractivity contribution in [1.29, 1.82) is 0 Å². The molecule has 1 rings (SSSR count). The van der Waals surface area contributed by atoms with E-state index in [1.54, 1.807) is 6.92 Å². The van der Waals surface area contributed by atoms with Gasteiger partial charge in [0.05, 0.1) is 12.5 Å². The van der Waals surface area contributed by atoms with Gasteiger partial charge in [-0.1, -0.05) is 43.7 Å². The fourth-order valence-electron chi connectivity index (χ4n) is 1.65. The molecule has 3 nitrogen and oxygen atoms in total. The summed E-state index contributed by atoms with van der Waals surface area (Å²) in [4.78, 5) is 21.6. The Morgan fingerprint density at radius 3 is 2.05 bits per heavy atom. The third-order valence-corrected chi connectivity index (χ3v) is 3.07. The van der Waals surface area contributed by atoms with Crippen LogP contribution in [0, 0.1) is 0 Å². The van der Waals surface area contributed by atoms with Gasteiger partial charge in [-0.05, 0) is 32.8 Å². The first kappa shape index (κ1) is 18.4. The molecule has 0 spiro atoms. The molecule has 0 saturated heterocycles. The van der Waals surface area contributed by atoms with Crippen molar-refractivity contribution in [1.82, 2.24) is 0 Å². The maximum atomic E-state index is 11.4. The van der Waals surface area contributed by atoms with Crippen LogP contribution in [0.25, 0.3) is 0 Å². The fraction of sp³-hybridized carbons (Fsp3) is 0.529. The highest BCUT2D eigenvalue weighted by atomic mass is 16.5. The van der Waals surface area contributed by atoms with Crippen LogP contribution >= 0.6 is 0 Å². The van der Waals surface area contributed by atoms with Crippen LogP contribution in [0.4, 0.5) is 0 Å². The molecule has 0 bridgehead atoms. The average Bonchev–Trinajstić information content (AvgIpc) is 2.45. The lowest BCUT2D eigenvalue weighted by molar-refractivity contribution is -0.146. The Bertz CT molecular complexity index is 408. The normalized spacial score (nSPS) is 10.2. The van der Waals surface area contributed by atoms with Crippen LogP contribution in [0.1, 0.15) is 52.5 Å². The summed E-state index contributed by atoms with van der Waals surface area (Å²) < 4.78 is 4.73. The summed E-state index contributed by atoms with van der Waals surface area (Å²) in [6.07, 6.45) is 2.94. The minimum Gasteiger partial charge on any atom is -0.468 e. The van der Waals surface area contributed by atoms with E-state index in [2.05, 4.69) is 6.92 Å². The zero-order chi connectivity index (χ0) is 15.6. The summed E-state index contributed by atoms with van der Waals surface area (Å²) >= 11 is 0. The molecule has 0 aliphatic rings. The monoisotopic (exact) mass is 278 g/mol. The second-order valence-corrected chi connectivity index (χ2v) is 5.29. The lowest BCUT2D eigenvalue weighted by Gasteiger charge is -2.21. The van der Waals surface area contributed by atoms with E-state index in [-0.39, 0.29) is 5.97 Å². The van der Waals surface area contributed by atoms with Crippen molar-refractivity contribution in [2.45, 2.75) is 52.4 Å². The van der Waals surface area contributed by atoms with Crippen molar-refractivity contribution < 1.29 is 14.3 Å². The molecule has 0 unspecified atom stereocenters. The van der Waals surface area contributed by atoms with E-state index in [9.17, 15) is 9.59 Å². The summed E-state index contributed by atoms with van der Waals surface area (Å²) in [5.41, 5.74) is 0.414. The highest BCUT2D eigenvalue weighted by Crippen LogP contribution is 2.23. The maximum absolute atomic E-state index is 11.4. The van der Waals surface area contributed by atoms with Gasteiger partial charge in [0.25, 0.3) is 0 Å². The van der Waals surface area contributed by atoms with Crippen molar-refractivity contribution in [3.05, 3.63) is 35.9 Å². The molecule has 1 aromatic rings. The largest absolute Gasteiger partial charge is 0.468 e. The second-order valence-electron chi connectivity index (χ2n) is 5.29. The highest BCUT2D eigenvalue weighted by molar-refractivity contribution is 5.82.